The van der Waals surface area contributed by atoms with E-state index in [2.05, 4.69) is 0 Å². The maximum absolute atomic E-state index is 13.1. The lowest BCUT2D eigenvalue weighted by Gasteiger charge is -2.06. The largest absolute Gasteiger partial charge is 0.459 e. The molecule has 5 heteroatoms. The summed E-state index contributed by atoms with van der Waals surface area (Å²) in [6.07, 6.45) is -0.406. The Hall–Kier alpha value is -1.75. The minimum atomic E-state index is -2.91. The number of furan rings is 1. The van der Waals surface area contributed by atoms with Crippen LogP contribution in [0.4, 0.5) is 13.2 Å². The van der Waals surface area contributed by atoms with Gasteiger partial charge in [0, 0.05) is 12.0 Å². The zero-order valence-electron chi connectivity index (χ0n) is 9.29. The Morgan fingerprint density at radius 2 is 1.67 bits per heavy atom. The van der Waals surface area contributed by atoms with Gasteiger partial charge in [-0.3, -0.25) is 0 Å². The van der Waals surface area contributed by atoms with E-state index in [1.165, 1.54) is 30.3 Å². The van der Waals surface area contributed by atoms with Gasteiger partial charge in [-0.2, -0.15) is 0 Å². The Morgan fingerprint density at radius 3 is 2.22 bits per heavy atom. The predicted molar refractivity (Wildman–Crippen MR) is 59.5 cm³/mol. The third kappa shape index (κ3) is 1.54. The van der Waals surface area contributed by atoms with E-state index in [0.29, 0.717) is 11.3 Å². The Kier molecular flexibility index (Phi) is 2.13. The van der Waals surface area contributed by atoms with Gasteiger partial charge in [-0.05, 0) is 36.4 Å². The fraction of sp³-hybridized carbons (Fsp3) is 0.231. The van der Waals surface area contributed by atoms with Crippen molar-refractivity contribution in [3.05, 3.63) is 48.0 Å². The van der Waals surface area contributed by atoms with Gasteiger partial charge in [0.05, 0.1) is 0 Å². The van der Waals surface area contributed by atoms with Gasteiger partial charge >= 0.3 is 0 Å². The molecule has 0 amide bonds. The highest BCUT2D eigenvalue weighted by atomic mass is 19.3. The average molecular weight is 253 g/mol. The molecule has 1 fully saturated rings. The van der Waals surface area contributed by atoms with Gasteiger partial charge in [-0.1, -0.05) is 0 Å². The van der Waals surface area contributed by atoms with Gasteiger partial charge in [0.15, 0.2) is 0 Å². The van der Waals surface area contributed by atoms with Gasteiger partial charge in [0.25, 0.3) is 5.92 Å². The first-order valence-corrected chi connectivity index (χ1v) is 5.45. The molecule has 1 heterocycles. The molecule has 2 aromatic rings. The van der Waals surface area contributed by atoms with E-state index >= 15 is 0 Å². The molecule has 1 aromatic heterocycles. The zero-order valence-corrected chi connectivity index (χ0v) is 9.29. The summed E-state index contributed by atoms with van der Waals surface area (Å²) in [6, 6.07) is 8.60. The van der Waals surface area contributed by atoms with E-state index in [0.717, 1.165) is 0 Å². The highest BCUT2D eigenvalue weighted by Crippen LogP contribution is 2.58. The van der Waals surface area contributed by atoms with Crippen molar-refractivity contribution in [2.24, 2.45) is 5.73 Å². The van der Waals surface area contributed by atoms with Crippen molar-refractivity contribution in [2.75, 3.05) is 0 Å². The highest BCUT2D eigenvalue weighted by Gasteiger charge is 2.72. The second-order valence-corrected chi connectivity index (χ2v) is 4.52. The van der Waals surface area contributed by atoms with Crippen molar-refractivity contribution >= 4 is 0 Å². The van der Waals surface area contributed by atoms with E-state index in [9.17, 15) is 13.2 Å². The normalized spacial score (nSPS) is 25.1. The van der Waals surface area contributed by atoms with Crippen molar-refractivity contribution in [1.29, 1.82) is 0 Å². The van der Waals surface area contributed by atoms with Gasteiger partial charge in [-0.15, -0.1) is 0 Å². The Labute approximate surface area is 101 Å². The summed E-state index contributed by atoms with van der Waals surface area (Å²) in [7, 11) is 0. The lowest BCUT2D eigenvalue weighted by atomic mass is 10.2. The number of alkyl halides is 2. The SMILES string of the molecule is NC1(c2ccc(-c3ccc(F)cc3)o2)CC1(F)F. The van der Waals surface area contributed by atoms with Gasteiger partial charge in [0.2, 0.25) is 0 Å². The van der Waals surface area contributed by atoms with E-state index in [-0.39, 0.29) is 11.6 Å². The Morgan fingerprint density at radius 1 is 1.06 bits per heavy atom. The summed E-state index contributed by atoms with van der Waals surface area (Å²) in [6.45, 7) is 0. The molecule has 94 valence electrons. The third-order valence-electron chi connectivity index (χ3n) is 3.20. The minimum absolute atomic E-state index is 0.0619. The maximum Gasteiger partial charge on any atom is 0.275 e. The maximum atomic E-state index is 13.1. The summed E-state index contributed by atoms with van der Waals surface area (Å²) in [5.41, 5.74) is 4.49. The highest BCUT2D eigenvalue weighted by molar-refractivity contribution is 5.58. The topological polar surface area (TPSA) is 39.2 Å². The summed E-state index contributed by atoms with van der Waals surface area (Å²) in [5.74, 6) is -2.82. The predicted octanol–water partition coefficient (Wildman–Crippen LogP) is 3.28. The van der Waals surface area contributed by atoms with Gasteiger partial charge < -0.3 is 10.2 Å². The molecule has 2 N–H and O–H groups in total. The molecule has 1 aromatic carbocycles. The molecule has 3 rings (SSSR count). The molecule has 1 unspecified atom stereocenters. The molecule has 2 nitrogen and oxygen atoms in total. The number of rotatable bonds is 2. The first-order valence-electron chi connectivity index (χ1n) is 5.45. The average Bonchev–Trinajstić information content (AvgIpc) is 2.69. The van der Waals surface area contributed by atoms with Crippen molar-refractivity contribution in [3.63, 3.8) is 0 Å². The molecule has 1 saturated carbocycles. The fourth-order valence-electron chi connectivity index (χ4n) is 1.92. The molecule has 0 spiro atoms. The van der Waals surface area contributed by atoms with Crippen molar-refractivity contribution in [1.82, 2.24) is 0 Å². The van der Waals surface area contributed by atoms with Crippen LogP contribution in [0.3, 0.4) is 0 Å². The monoisotopic (exact) mass is 253 g/mol. The molecular weight excluding hydrogens is 243 g/mol. The van der Waals surface area contributed by atoms with Crippen molar-refractivity contribution in [2.45, 2.75) is 17.9 Å². The quantitative estimate of drug-likeness (QED) is 0.892. The number of halogens is 3. The van der Waals surface area contributed by atoms with E-state index in [1.807, 2.05) is 0 Å². The van der Waals surface area contributed by atoms with Crippen LogP contribution in [0.25, 0.3) is 11.3 Å². The number of hydrogen-bond donors (Lipinski definition) is 1. The standard InChI is InChI=1S/C13H10F3NO/c14-9-3-1-8(2-4-9)10-5-6-11(18-10)12(17)7-13(12,15)16/h1-6H,7,17H2. The Bertz CT molecular complexity index is 591. The van der Waals surface area contributed by atoms with Crippen LogP contribution < -0.4 is 5.73 Å². The smallest absolute Gasteiger partial charge is 0.275 e. The molecule has 0 bridgehead atoms. The molecule has 18 heavy (non-hydrogen) atoms. The molecule has 1 atom stereocenters. The first kappa shape index (κ1) is 11.3. The summed E-state index contributed by atoms with van der Waals surface area (Å²) in [4.78, 5) is 0. The third-order valence-corrected chi connectivity index (χ3v) is 3.20. The van der Waals surface area contributed by atoms with Crippen LogP contribution in [0.5, 0.6) is 0 Å². The fourth-order valence-corrected chi connectivity index (χ4v) is 1.92. The molecular formula is C13H10F3NO. The second-order valence-electron chi connectivity index (χ2n) is 4.52. The number of benzene rings is 1. The van der Waals surface area contributed by atoms with Crippen LogP contribution in [0.1, 0.15) is 12.2 Å². The van der Waals surface area contributed by atoms with Crippen molar-refractivity contribution < 1.29 is 17.6 Å². The summed E-state index contributed by atoms with van der Waals surface area (Å²) < 4.78 is 44.3. The van der Waals surface area contributed by atoms with Crippen LogP contribution in [0.15, 0.2) is 40.8 Å². The van der Waals surface area contributed by atoms with E-state index in [4.69, 9.17) is 10.2 Å². The second kappa shape index (κ2) is 3.38. The molecule has 1 aliphatic carbocycles. The zero-order chi connectivity index (χ0) is 13.0. The lowest BCUT2D eigenvalue weighted by molar-refractivity contribution is 0.0836. The van der Waals surface area contributed by atoms with Gasteiger partial charge in [0.1, 0.15) is 22.9 Å². The number of nitrogens with two attached hydrogens (primary N) is 1. The summed E-state index contributed by atoms with van der Waals surface area (Å²) in [5, 5.41) is 0. The van der Waals surface area contributed by atoms with Gasteiger partial charge in [-0.25, -0.2) is 13.2 Å². The molecule has 0 aliphatic heterocycles. The van der Waals surface area contributed by atoms with Crippen LogP contribution in [0, 0.1) is 5.82 Å². The number of hydrogen-bond acceptors (Lipinski definition) is 2. The first-order chi connectivity index (χ1) is 8.42. The van der Waals surface area contributed by atoms with E-state index in [1.54, 1.807) is 6.07 Å². The summed E-state index contributed by atoms with van der Waals surface area (Å²) >= 11 is 0. The minimum Gasteiger partial charge on any atom is -0.459 e. The molecule has 1 aliphatic rings. The van der Waals surface area contributed by atoms with Crippen LogP contribution in [0.2, 0.25) is 0 Å². The van der Waals surface area contributed by atoms with E-state index < -0.39 is 17.9 Å². The molecule has 0 radical (unpaired) electrons. The molecule has 0 saturated heterocycles. The lowest BCUT2D eigenvalue weighted by Crippen LogP contribution is -2.26. The van der Waals surface area contributed by atoms with Crippen LogP contribution in [-0.2, 0) is 5.54 Å². The van der Waals surface area contributed by atoms with Crippen LogP contribution >= 0.6 is 0 Å². The van der Waals surface area contributed by atoms with Crippen LogP contribution in [-0.4, -0.2) is 5.92 Å². The Balaban J connectivity index is 1.93. The van der Waals surface area contributed by atoms with Crippen molar-refractivity contribution in [3.8, 4) is 11.3 Å².